The second-order valence-electron chi connectivity index (χ2n) is 7.49. The van der Waals surface area contributed by atoms with E-state index in [0.29, 0.717) is 23.7 Å². The van der Waals surface area contributed by atoms with Crippen LogP contribution in [0, 0.1) is 5.92 Å². The van der Waals surface area contributed by atoms with E-state index in [1.54, 1.807) is 24.3 Å². The van der Waals surface area contributed by atoms with Crippen molar-refractivity contribution in [2.24, 2.45) is 10.9 Å². The van der Waals surface area contributed by atoms with Gasteiger partial charge < -0.3 is 21.3 Å². The summed E-state index contributed by atoms with van der Waals surface area (Å²) in [4.78, 5) is 57.0. The van der Waals surface area contributed by atoms with Gasteiger partial charge in [0.15, 0.2) is 5.49 Å². The third-order valence-electron chi connectivity index (χ3n) is 5.10. The molecule has 1 aliphatic rings. The number of nitrogens with zero attached hydrogens (tertiary/aromatic N) is 2. The number of hydrogen-bond acceptors (Lipinski definition) is 7. The van der Waals surface area contributed by atoms with Gasteiger partial charge in [0.05, 0.1) is 5.22 Å². The average Bonchev–Trinajstić information content (AvgIpc) is 2.75. The number of benzene rings is 1. The predicted molar refractivity (Wildman–Crippen MR) is 113 cm³/mol. The van der Waals surface area contributed by atoms with E-state index >= 15 is 0 Å². The van der Waals surface area contributed by atoms with Crippen LogP contribution in [0.3, 0.4) is 0 Å². The van der Waals surface area contributed by atoms with Crippen molar-refractivity contribution in [3.63, 3.8) is 0 Å². The zero-order valence-corrected chi connectivity index (χ0v) is 17.1. The van der Waals surface area contributed by atoms with E-state index in [-0.39, 0.29) is 35.8 Å². The van der Waals surface area contributed by atoms with E-state index in [9.17, 15) is 19.2 Å². The molecule has 0 radical (unpaired) electrons. The summed E-state index contributed by atoms with van der Waals surface area (Å²) in [6.45, 7) is 0.496. The second kappa shape index (κ2) is 9.86. The molecule has 0 bridgehead atoms. The molecule has 2 heterocycles. The van der Waals surface area contributed by atoms with E-state index in [4.69, 9.17) is 15.9 Å². The summed E-state index contributed by atoms with van der Waals surface area (Å²) in [7, 11) is 0. The summed E-state index contributed by atoms with van der Waals surface area (Å²) in [6, 6.07) is 5.43. The van der Waals surface area contributed by atoms with Crippen LogP contribution >= 0.6 is 0 Å². The molecule has 0 fully saturated rings. The maximum atomic E-state index is 12.3. The number of hydrogen-bond donors (Lipinski definition) is 5. The van der Waals surface area contributed by atoms with Gasteiger partial charge in [-0.15, -0.1) is 0 Å². The summed E-state index contributed by atoms with van der Waals surface area (Å²) in [5.74, 6) is -2.92. The molecule has 6 N–H and O–H groups in total. The minimum Gasteiger partial charge on any atom is -0.481 e. The number of aliphatic carboxylic acids is 2. The monoisotopic (exact) mass is 441 g/mol. The fourth-order valence-electron chi connectivity index (χ4n) is 3.37. The number of amides is 1. The molecule has 0 saturated carbocycles. The Bertz CT molecular complexity index is 1200. The van der Waals surface area contributed by atoms with Crippen LogP contribution in [0.25, 0.3) is 6.08 Å². The Kier molecular flexibility index (Phi) is 6.98. The van der Waals surface area contributed by atoms with Crippen molar-refractivity contribution in [1.29, 1.82) is 0 Å². The number of nitrogens with two attached hydrogens (primary N) is 1. The topological polar surface area (TPSA) is 188 Å². The van der Waals surface area contributed by atoms with Crippen molar-refractivity contribution in [3.8, 4) is 0 Å². The first-order valence-corrected chi connectivity index (χ1v) is 9.99. The van der Waals surface area contributed by atoms with Crippen LogP contribution < -0.4 is 27.3 Å². The van der Waals surface area contributed by atoms with Gasteiger partial charge in [0, 0.05) is 18.5 Å². The molecule has 2 atom stereocenters. The number of carbonyl (C=O) groups excluding carboxylic acids is 1. The molecule has 1 aromatic heterocycles. The molecule has 0 unspecified atom stereocenters. The smallest absolute Gasteiger partial charge is 0.326 e. The molecule has 0 spiro atoms. The fraction of sp³-hybridized carbons (Fsp3) is 0.333. The summed E-state index contributed by atoms with van der Waals surface area (Å²) in [5.41, 5.74) is 6.80. The van der Waals surface area contributed by atoms with Crippen LogP contribution in [-0.2, 0) is 16.0 Å². The number of anilines is 1. The summed E-state index contributed by atoms with van der Waals surface area (Å²) >= 11 is 0. The van der Waals surface area contributed by atoms with E-state index < -0.39 is 23.9 Å². The van der Waals surface area contributed by atoms with Gasteiger partial charge in [-0.1, -0.05) is 18.2 Å². The van der Waals surface area contributed by atoms with Gasteiger partial charge in [0.2, 0.25) is 5.95 Å². The Hall–Kier alpha value is -4.02. The zero-order chi connectivity index (χ0) is 23.3. The van der Waals surface area contributed by atoms with Gasteiger partial charge in [0.1, 0.15) is 6.04 Å². The van der Waals surface area contributed by atoms with Crippen LogP contribution in [0.15, 0.2) is 34.1 Å². The number of H-pyrrole nitrogens is 1. The quantitative estimate of drug-likeness (QED) is 0.330. The standard InChI is InChI=1S/C21H23N5O6/c22-21-25-17-14(19(30)26-21)9-12(10-23-17)2-1-11-3-5-13(6-4-11)18(29)24-15(20(31)32)7-8-16(27)28/h3-6,9,12,15H,1-2,7-8,10H2,(H,24,29)(H,27,28)(H,31,32)(H3,22,23,25,26,30)/t12-,15+/m1/s1. The first-order chi connectivity index (χ1) is 15.2. The zero-order valence-electron chi connectivity index (χ0n) is 17.1. The molecule has 1 amide bonds. The van der Waals surface area contributed by atoms with Crippen LogP contribution in [0.4, 0.5) is 5.95 Å². The summed E-state index contributed by atoms with van der Waals surface area (Å²) < 4.78 is 0. The fourth-order valence-corrected chi connectivity index (χ4v) is 3.37. The molecule has 3 rings (SSSR count). The van der Waals surface area contributed by atoms with Crippen molar-refractivity contribution in [3.05, 3.63) is 56.5 Å². The minimum atomic E-state index is -1.29. The van der Waals surface area contributed by atoms with Crippen LogP contribution in [0.2, 0.25) is 0 Å². The number of aryl methyl sites for hydroxylation is 1. The van der Waals surface area contributed by atoms with Crippen LogP contribution in [0.1, 0.15) is 35.2 Å². The summed E-state index contributed by atoms with van der Waals surface area (Å²) in [6.07, 6.45) is 2.70. The number of carboxylic acids is 2. The van der Waals surface area contributed by atoms with Gasteiger partial charge in [-0.3, -0.25) is 24.4 Å². The van der Waals surface area contributed by atoms with E-state index in [2.05, 4.69) is 20.3 Å². The van der Waals surface area contributed by atoms with Crippen LogP contribution in [-0.4, -0.2) is 50.6 Å². The Morgan fingerprint density at radius 1 is 1.22 bits per heavy atom. The molecular weight excluding hydrogens is 418 g/mol. The number of nitrogens with one attached hydrogen (secondary N) is 2. The lowest BCUT2D eigenvalue weighted by Crippen LogP contribution is -2.46. The number of rotatable bonds is 9. The molecule has 0 saturated heterocycles. The van der Waals surface area contributed by atoms with E-state index in [0.717, 1.165) is 12.0 Å². The van der Waals surface area contributed by atoms with Crippen molar-refractivity contribution in [2.75, 3.05) is 12.3 Å². The highest BCUT2D eigenvalue weighted by atomic mass is 16.4. The molecule has 11 nitrogen and oxygen atoms in total. The number of aromatic nitrogens is 2. The predicted octanol–water partition coefficient (Wildman–Crippen LogP) is -0.937. The highest BCUT2D eigenvalue weighted by molar-refractivity contribution is 5.96. The Labute approximate surface area is 181 Å². The molecule has 1 aliphatic heterocycles. The lowest BCUT2D eigenvalue weighted by molar-refractivity contribution is -0.140. The first kappa shape index (κ1) is 22.7. The van der Waals surface area contributed by atoms with E-state index in [1.165, 1.54) is 0 Å². The van der Waals surface area contributed by atoms with Crippen molar-refractivity contribution in [1.82, 2.24) is 15.3 Å². The second-order valence-corrected chi connectivity index (χ2v) is 7.49. The summed E-state index contributed by atoms with van der Waals surface area (Å²) in [5, 5.41) is 20.6. The first-order valence-electron chi connectivity index (χ1n) is 9.99. The average molecular weight is 441 g/mol. The van der Waals surface area contributed by atoms with Gasteiger partial charge in [0.25, 0.3) is 11.5 Å². The third kappa shape index (κ3) is 5.78. The third-order valence-corrected chi connectivity index (χ3v) is 5.10. The van der Waals surface area contributed by atoms with Crippen LogP contribution in [0.5, 0.6) is 0 Å². The number of carbonyl (C=O) groups is 3. The lowest BCUT2D eigenvalue weighted by atomic mass is 9.97. The molecule has 168 valence electrons. The number of carboxylic acid groups (broad SMARTS) is 2. The largest absolute Gasteiger partial charge is 0.481 e. The highest BCUT2D eigenvalue weighted by Crippen LogP contribution is 2.14. The normalized spacial score (nSPS) is 15.6. The van der Waals surface area contributed by atoms with Crippen molar-refractivity contribution < 1.29 is 24.6 Å². The van der Waals surface area contributed by atoms with Crippen molar-refractivity contribution in [2.45, 2.75) is 31.7 Å². The number of fused-ring (bicyclic) bond motifs is 1. The van der Waals surface area contributed by atoms with Crippen molar-refractivity contribution >= 4 is 29.9 Å². The van der Waals surface area contributed by atoms with Gasteiger partial charge >= 0.3 is 11.9 Å². The van der Waals surface area contributed by atoms with Gasteiger partial charge in [-0.25, -0.2) is 4.79 Å². The minimum absolute atomic E-state index is 0.0324. The molecule has 0 aliphatic carbocycles. The highest BCUT2D eigenvalue weighted by Gasteiger charge is 2.21. The maximum Gasteiger partial charge on any atom is 0.326 e. The SMILES string of the molecule is Nc1nc2c(c(=O)[nH]1)=C[C@@H](CCc1ccc(C(=O)N[C@@H](CCC(=O)O)C(=O)O)cc1)CN=2. The van der Waals surface area contributed by atoms with E-state index in [1.807, 2.05) is 6.08 Å². The Morgan fingerprint density at radius 3 is 2.59 bits per heavy atom. The molecule has 2 aromatic rings. The maximum absolute atomic E-state index is 12.3. The molecule has 1 aromatic carbocycles. The number of nitrogen functional groups attached to an aromatic ring is 1. The lowest BCUT2D eigenvalue weighted by Gasteiger charge is -2.14. The molecular formula is C21H23N5O6. The molecule has 11 heteroatoms. The Morgan fingerprint density at radius 2 is 1.94 bits per heavy atom. The van der Waals surface area contributed by atoms with Gasteiger partial charge in [-0.2, -0.15) is 4.98 Å². The van der Waals surface area contributed by atoms with Gasteiger partial charge in [-0.05, 0) is 42.9 Å². The Balaban J connectivity index is 1.59. The molecule has 32 heavy (non-hydrogen) atoms. The number of aromatic amines is 1.